The maximum absolute atomic E-state index is 13.2. The topological polar surface area (TPSA) is 112 Å². The lowest BCUT2D eigenvalue weighted by Crippen LogP contribution is -2.62. The number of amides is 2. The van der Waals surface area contributed by atoms with E-state index in [1.165, 1.54) is 4.90 Å². The minimum Gasteiger partial charge on any atom is -0.478 e. The van der Waals surface area contributed by atoms with E-state index in [2.05, 4.69) is 4.98 Å². The van der Waals surface area contributed by atoms with Crippen LogP contribution in [-0.2, 0) is 16.0 Å². The number of aromatic carboxylic acids is 1. The number of carboxylic acids is 1. The summed E-state index contributed by atoms with van der Waals surface area (Å²) in [5, 5.41) is 10.2. The van der Waals surface area contributed by atoms with Crippen LogP contribution in [0.1, 0.15) is 33.2 Å². The number of nitrogens with one attached hydrogen (secondary N) is 1. The Morgan fingerprint density at radius 2 is 1.94 bits per heavy atom. The Kier molecular flexibility index (Phi) is 3.80. The number of carbonyl (C=O) groups excluding carboxylic acids is 2. The van der Waals surface area contributed by atoms with Gasteiger partial charge >= 0.3 is 5.97 Å². The highest BCUT2D eigenvalue weighted by atomic mass is 16.7. The molecule has 9 heteroatoms. The van der Waals surface area contributed by atoms with Crippen LogP contribution in [0.3, 0.4) is 0 Å². The Balaban J connectivity index is 1.58. The number of nitrogens with zero attached hydrogens (tertiary/aromatic N) is 2. The number of ether oxygens (including phenoxy) is 2. The lowest BCUT2D eigenvalue weighted by Gasteiger charge is -2.46. The van der Waals surface area contributed by atoms with Gasteiger partial charge in [-0.15, -0.1) is 0 Å². The van der Waals surface area contributed by atoms with Crippen LogP contribution in [0.5, 0.6) is 11.5 Å². The van der Waals surface area contributed by atoms with Crippen LogP contribution < -0.4 is 9.47 Å². The Bertz CT molecular complexity index is 1330. The van der Waals surface area contributed by atoms with E-state index in [1.807, 2.05) is 12.1 Å². The molecule has 2 atom stereocenters. The van der Waals surface area contributed by atoms with Crippen LogP contribution in [-0.4, -0.2) is 64.1 Å². The zero-order valence-electron chi connectivity index (χ0n) is 17.1. The number of aromatic amines is 1. The molecule has 4 heterocycles. The summed E-state index contributed by atoms with van der Waals surface area (Å²) < 4.78 is 11.0. The first-order valence-electron chi connectivity index (χ1n) is 10.3. The molecular formula is C23H19N3O6. The Labute approximate surface area is 182 Å². The van der Waals surface area contributed by atoms with E-state index in [4.69, 9.17) is 9.47 Å². The predicted molar refractivity (Wildman–Crippen MR) is 112 cm³/mol. The summed E-state index contributed by atoms with van der Waals surface area (Å²) in [5.41, 5.74) is 3.31. The van der Waals surface area contributed by atoms with Gasteiger partial charge in [0.05, 0.1) is 18.2 Å². The SMILES string of the molecule is CN1CC(=O)N2C(Cc3c([nH]c4cc(C(=O)O)ccc34)[C@H]2c2ccc3c(c2)OCO3)C1=O. The quantitative estimate of drug-likeness (QED) is 0.639. The number of fused-ring (bicyclic) bond motifs is 5. The molecule has 2 aromatic carbocycles. The molecule has 162 valence electrons. The lowest BCUT2D eigenvalue weighted by molar-refractivity contribution is -0.157. The molecule has 1 unspecified atom stereocenters. The van der Waals surface area contributed by atoms with Gasteiger partial charge in [-0.25, -0.2) is 4.79 Å². The van der Waals surface area contributed by atoms with Gasteiger partial charge in [-0.1, -0.05) is 12.1 Å². The fourth-order valence-corrected chi connectivity index (χ4v) is 5.02. The molecule has 32 heavy (non-hydrogen) atoms. The molecule has 0 saturated carbocycles. The van der Waals surface area contributed by atoms with Crippen molar-refractivity contribution in [3.8, 4) is 11.5 Å². The third-order valence-electron chi connectivity index (χ3n) is 6.51. The van der Waals surface area contributed by atoms with E-state index in [9.17, 15) is 19.5 Å². The molecule has 2 N–H and O–H groups in total. The van der Waals surface area contributed by atoms with Crippen molar-refractivity contribution < 1.29 is 29.0 Å². The largest absolute Gasteiger partial charge is 0.478 e. The number of likely N-dealkylation sites (N-methyl/N-ethyl adjacent to an activating group) is 1. The molecule has 0 aliphatic carbocycles. The molecule has 6 rings (SSSR count). The third-order valence-corrected chi connectivity index (χ3v) is 6.51. The number of benzene rings is 2. The number of hydrogen-bond donors (Lipinski definition) is 2. The smallest absolute Gasteiger partial charge is 0.335 e. The molecule has 3 aromatic rings. The summed E-state index contributed by atoms with van der Waals surface area (Å²) in [4.78, 5) is 44.2. The maximum Gasteiger partial charge on any atom is 0.335 e. The molecule has 1 saturated heterocycles. The van der Waals surface area contributed by atoms with Gasteiger partial charge in [-0.2, -0.15) is 0 Å². The minimum absolute atomic E-state index is 0.00904. The van der Waals surface area contributed by atoms with Gasteiger partial charge in [0.2, 0.25) is 18.6 Å². The van der Waals surface area contributed by atoms with E-state index in [0.717, 1.165) is 22.2 Å². The Hall–Kier alpha value is -4.01. The second kappa shape index (κ2) is 6.49. The summed E-state index contributed by atoms with van der Waals surface area (Å²) in [6.45, 7) is 0.142. The molecule has 2 amide bonds. The van der Waals surface area contributed by atoms with E-state index in [-0.39, 0.29) is 30.7 Å². The molecule has 9 nitrogen and oxygen atoms in total. The molecule has 0 spiro atoms. The standard InChI is InChI=1S/C23H19N3O6/c1-25-9-19(27)26-16(22(25)28)8-14-13-4-2-12(23(29)30)6-15(13)24-20(14)21(26)11-3-5-17-18(7-11)32-10-31-17/h2-7,16,21,24H,8-10H2,1H3,(H,29,30)/t16?,21-/m1/s1. The van der Waals surface area contributed by atoms with E-state index in [1.54, 1.807) is 36.2 Å². The first-order chi connectivity index (χ1) is 15.4. The van der Waals surface area contributed by atoms with Gasteiger partial charge in [0.25, 0.3) is 0 Å². The molecule has 0 bridgehead atoms. The first-order valence-corrected chi connectivity index (χ1v) is 10.3. The van der Waals surface area contributed by atoms with Crippen molar-refractivity contribution >= 4 is 28.7 Å². The van der Waals surface area contributed by atoms with Crippen molar-refractivity contribution in [2.75, 3.05) is 20.4 Å². The third kappa shape index (κ3) is 2.54. The fraction of sp³-hybridized carbons (Fsp3) is 0.261. The molecule has 3 aliphatic rings. The Morgan fingerprint density at radius 1 is 1.12 bits per heavy atom. The number of H-pyrrole nitrogens is 1. The van der Waals surface area contributed by atoms with Gasteiger partial charge in [0, 0.05) is 30.1 Å². The van der Waals surface area contributed by atoms with Gasteiger partial charge in [0.1, 0.15) is 6.04 Å². The van der Waals surface area contributed by atoms with Crippen LogP contribution >= 0.6 is 0 Å². The molecular weight excluding hydrogens is 414 g/mol. The van der Waals surface area contributed by atoms with Crippen molar-refractivity contribution in [2.45, 2.75) is 18.5 Å². The first kappa shape index (κ1) is 18.7. The van der Waals surface area contributed by atoms with Crippen molar-refractivity contribution in [1.82, 2.24) is 14.8 Å². The normalized spacial score (nSPS) is 21.7. The molecule has 0 radical (unpaired) electrons. The van der Waals surface area contributed by atoms with Crippen LogP contribution in [0.4, 0.5) is 0 Å². The summed E-state index contributed by atoms with van der Waals surface area (Å²) in [7, 11) is 1.64. The average molecular weight is 433 g/mol. The van der Waals surface area contributed by atoms with Crippen LogP contribution in [0.15, 0.2) is 36.4 Å². The highest BCUT2D eigenvalue weighted by molar-refractivity contribution is 5.99. The van der Waals surface area contributed by atoms with E-state index >= 15 is 0 Å². The summed E-state index contributed by atoms with van der Waals surface area (Å²) in [6.07, 6.45) is 0.359. The number of carbonyl (C=O) groups is 3. The second-order valence-electron chi connectivity index (χ2n) is 8.31. The molecule has 1 aromatic heterocycles. The molecule has 3 aliphatic heterocycles. The van der Waals surface area contributed by atoms with Crippen LogP contribution in [0.25, 0.3) is 10.9 Å². The highest BCUT2D eigenvalue weighted by Crippen LogP contribution is 2.44. The van der Waals surface area contributed by atoms with Crippen molar-refractivity contribution in [2.24, 2.45) is 0 Å². The van der Waals surface area contributed by atoms with Gasteiger partial charge in [-0.05, 0) is 35.4 Å². The minimum atomic E-state index is -1.02. The summed E-state index contributed by atoms with van der Waals surface area (Å²) in [5.74, 6) is -0.0581. The fourth-order valence-electron chi connectivity index (χ4n) is 5.02. The zero-order chi connectivity index (χ0) is 22.1. The number of aromatic nitrogens is 1. The van der Waals surface area contributed by atoms with Gasteiger partial charge in [0.15, 0.2) is 11.5 Å². The van der Waals surface area contributed by atoms with Gasteiger partial charge in [-0.3, -0.25) is 9.59 Å². The van der Waals surface area contributed by atoms with Crippen LogP contribution in [0.2, 0.25) is 0 Å². The van der Waals surface area contributed by atoms with Gasteiger partial charge < -0.3 is 29.4 Å². The summed E-state index contributed by atoms with van der Waals surface area (Å²) in [6, 6.07) is 9.24. The van der Waals surface area contributed by atoms with Crippen molar-refractivity contribution in [1.29, 1.82) is 0 Å². The monoisotopic (exact) mass is 433 g/mol. The number of rotatable bonds is 2. The number of hydrogen-bond acceptors (Lipinski definition) is 5. The van der Waals surface area contributed by atoms with E-state index in [0.29, 0.717) is 23.4 Å². The number of carboxylic acid groups (broad SMARTS) is 1. The zero-order valence-corrected chi connectivity index (χ0v) is 17.1. The maximum atomic E-state index is 13.2. The van der Waals surface area contributed by atoms with Crippen LogP contribution in [0, 0.1) is 0 Å². The molecule has 1 fully saturated rings. The lowest BCUT2D eigenvalue weighted by atomic mass is 9.86. The van der Waals surface area contributed by atoms with Crippen molar-refractivity contribution in [3.05, 3.63) is 58.8 Å². The number of piperazine rings is 1. The highest BCUT2D eigenvalue weighted by Gasteiger charge is 2.47. The predicted octanol–water partition coefficient (Wildman–Crippen LogP) is 1.91. The summed E-state index contributed by atoms with van der Waals surface area (Å²) >= 11 is 0. The average Bonchev–Trinajstić information content (AvgIpc) is 3.39. The Morgan fingerprint density at radius 3 is 2.75 bits per heavy atom. The van der Waals surface area contributed by atoms with E-state index < -0.39 is 18.1 Å². The van der Waals surface area contributed by atoms with Crippen molar-refractivity contribution in [3.63, 3.8) is 0 Å². The second-order valence-corrected chi connectivity index (χ2v) is 8.31.